The quantitative estimate of drug-likeness (QED) is 0.452. The van der Waals surface area contributed by atoms with E-state index in [-0.39, 0.29) is 17.6 Å². The topological polar surface area (TPSA) is 89.2 Å². The number of nitrogens with zero attached hydrogens (tertiary/aromatic N) is 2. The molecule has 0 unspecified atom stereocenters. The molecule has 1 rings (SSSR count). The predicted molar refractivity (Wildman–Crippen MR) is 76.9 cm³/mol. The SMILES string of the molecule is CC(C)NCCNC(=O)c1cc([N+](=O)[O-])cn1C(C)C. The maximum atomic E-state index is 12.1. The molecule has 1 aromatic heterocycles. The first-order chi connectivity index (χ1) is 9.32. The minimum Gasteiger partial charge on any atom is -0.349 e. The summed E-state index contributed by atoms with van der Waals surface area (Å²) in [6.45, 7) is 8.94. The third-order valence-electron chi connectivity index (χ3n) is 2.80. The summed E-state index contributed by atoms with van der Waals surface area (Å²) in [6.07, 6.45) is 1.39. The number of carbonyl (C=O) groups excluding carboxylic acids is 1. The van der Waals surface area contributed by atoms with Gasteiger partial charge in [0.25, 0.3) is 11.6 Å². The van der Waals surface area contributed by atoms with Gasteiger partial charge in [0.15, 0.2) is 0 Å². The number of rotatable bonds is 7. The fraction of sp³-hybridized carbons (Fsp3) is 0.615. The molecule has 0 aliphatic rings. The van der Waals surface area contributed by atoms with E-state index in [0.717, 1.165) is 0 Å². The number of aromatic nitrogens is 1. The molecule has 0 aromatic carbocycles. The van der Waals surface area contributed by atoms with Crippen molar-refractivity contribution in [3.05, 3.63) is 28.1 Å². The van der Waals surface area contributed by atoms with E-state index in [0.29, 0.717) is 24.8 Å². The maximum Gasteiger partial charge on any atom is 0.287 e. The first kappa shape index (κ1) is 16.2. The zero-order valence-electron chi connectivity index (χ0n) is 12.3. The summed E-state index contributed by atoms with van der Waals surface area (Å²) >= 11 is 0. The van der Waals surface area contributed by atoms with Crippen LogP contribution in [0.25, 0.3) is 0 Å². The molecule has 112 valence electrons. The molecule has 1 amide bonds. The molecule has 0 aliphatic heterocycles. The molecule has 0 saturated heterocycles. The number of amides is 1. The van der Waals surface area contributed by atoms with Gasteiger partial charge in [-0.05, 0) is 13.8 Å². The second-order valence-electron chi connectivity index (χ2n) is 5.21. The zero-order chi connectivity index (χ0) is 15.3. The Hall–Kier alpha value is -1.89. The van der Waals surface area contributed by atoms with Gasteiger partial charge in [-0.15, -0.1) is 0 Å². The molecule has 0 spiro atoms. The molecular weight excluding hydrogens is 260 g/mol. The normalized spacial score (nSPS) is 11.1. The molecule has 7 heteroatoms. The summed E-state index contributed by atoms with van der Waals surface area (Å²) in [6, 6.07) is 1.65. The van der Waals surface area contributed by atoms with Gasteiger partial charge in [0.2, 0.25) is 0 Å². The van der Waals surface area contributed by atoms with Crippen molar-refractivity contribution in [3.63, 3.8) is 0 Å². The fourth-order valence-electron chi connectivity index (χ4n) is 1.80. The Bertz CT molecular complexity index is 480. The van der Waals surface area contributed by atoms with Gasteiger partial charge >= 0.3 is 0 Å². The van der Waals surface area contributed by atoms with Gasteiger partial charge in [-0.25, -0.2) is 0 Å². The molecule has 0 saturated carbocycles. The summed E-state index contributed by atoms with van der Waals surface area (Å²) in [5.41, 5.74) is 0.250. The molecule has 1 aromatic rings. The van der Waals surface area contributed by atoms with Crippen molar-refractivity contribution in [2.75, 3.05) is 13.1 Å². The van der Waals surface area contributed by atoms with Crippen LogP contribution >= 0.6 is 0 Å². The Morgan fingerprint density at radius 2 is 2.00 bits per heavy atom. The van der Waals surface area contributed by atoms with Crippen molar-refractivity contribution >= 4 is 11.6 Å². The molecule has 7 nitrogen and oxygen atoms in total. The summed E-state index contributed by atoms with van der Waals surface area (Å²) in [7, 11) is 0. The van der Waals surface area contributed by atoms with E-state index in [4.69, 9.17) is 0 Å². The lowest BCUT2D eigenvalue weighted by Gasteiger charge is -2.13. The van der Waals surface area contributed by atoms with E-state index in [1.54, 1.807) is 4.57 Å². The first-order valence-electron chi connectivity index (χ1n) is 6.70. The summed E-state index contributed by atoms with van der Waals surface area (Å²) in [5.74, 6) is -0.294. The molecule has 0 bridgehead atoms. The van der Waals surface area contributed by atoms with Gasteiger partial charge in [0.05, 0.1) is 11.1 Å². The molecular formula is C13H22N4O3. The maximum absolute atomic E-state index is 12.1. The average molecular weight is 282 g/mol. The van der Waals surface area contributed by atoms with Crippen LogP contribution in [0.15, 0.2) is 12.3 Å². The number of carbonyl (C=O) groups is 1. The van der Waals surface area contributed by atoms with Crippen molar-refractivity contribution in [3.8, 4) is 0 Å². The van der Waals surface area contributed by atoms with Crippen molar-refractivity contribution < 1.29 is 9.72 Å². The second kappa shape index (κ2) is 7.04. The van der Waals surface area contributed by atoms with Gasteiger partial charge in [-0.2, -0.15) is 0 Å². The van der Waals surface area contributed by atoms with E-state index in [9.17, 15) is 14.9 Å². The van der Waals surface area contributed by atoms with Crippen molar-refractivity contribution in [2.24, 2.45) is 0 Å². The van der Waals surface area contributed by atoms with Crippen LogP contribution in [-0.4, -0.2) is 34.5 Å². The molecule has 20 heavy (non-hydrogen) atoms. The minimum atomic E-state index is -0.490. The van der Waals surface area contributed by atoms with E-state index < -0.39 is 4.92 Å². The Labute approximate surface area is 118 Å². The van der Waals surface area contributed by atoms with Gasteiger partial charge in [0.1, 0.15) is 5.69 Å². The minimum absolute atomic E-state index is 0.0155. The summed E-state index contributed by atoms with van der Waals surface area (Å²) in [4.78, 5) is 22.4. The summed E-state index contributed by atoms with van der Waals surface area (Å²) < 4.78 is 1.61. The van der Waals surface area contributed by atoms with Gasteiger partial charge in [-0.3, -0.25) is 14.9 Å². The van der Waals surface area contributed by atoms with Crippen LogP contribution in [0.4, 0.5) is 5.69 Å². The van der Waals surface area contributed by atoms with Crippen LogP contribution in [0.1, 0.15) is 44.2 Å². The standard InChI is InChI=1S/C13H22N4O3/c1-9(2)14-5-6-15-13(18)12-7-11(17(19)20)8-16(12)10(3)4/h7-10,14H,5-6H2,1-4H3,(H,15,18). The Morgan fingerprint density at radius 1 is 1.35 bits per heavy atom. The molecule has 0 atom stereocenters. The third-order valence-corrected chi connectivity index (χ3v) is 2.80. The zero-order valence-corrected chi connectivity index (χ0v) is 12.3. The van der Waals surface area contributed by atoms with Gasteiger partial charge < -0.3 is 15.2 Å². The van der Waals surface area contributed by atoms with E-state index >= 15 is 0 Å². The van der Waals surface area contributed by atoms with Crippen LogP contribution in [0, 0.1) is 10.1 Å². The third kappa shape index (κ3) is 4.34. The lowest BCUT2D eigenvalue weighted by Crippen LogP contribution is -2.35. The molecule has 1 heterocycles. The molecule has 0 aliphatic carbocycles. The van der Waals surface area contributed by atoms with Gasteiger partial charge in [0, 0.05) is 31.2 Å². The summed E-state index contributed by atoms with van der Waals surface area (Å²) in [5, 5.41) is 16.7. The number of hydrogen-bond acceptors (Lipinski definition) is 4. The fourth-order valence-corrected chi connectivity index (χ4v) is 1.80. The van der Waals surface area contributed by atoms with Crippen LogP contribution < -0.4 is 10.6 Å². The van der Waals surface area contributed by atoms with E-state index in [1.807, 2.05) is 27.7 Å². The van der Waals surface area contributed by atoms with Crippen LogP contribution in [-0.2, 0) is 0 Å². The predicted octanol–water partition coefficient (Wildman–Crippen LogP) is 1.70. The van der Waals surface area contributed by atoms with Crippen molar-refractivity contribution in [1.29, 1.82) is 0 Å². The van der Waals surface area contributed by atoms with E-state index in [2.05, 4.69) is 10.6 Å². The molecule has 0 fully saturated rings. The largest absolute Gasteiger partial charge is 0.349 e. The Balaban J connectivity index is 2.73. The second-order valence-corrected chi connectivity index (χ2v) is 5.21. The Morgan fingerprint density at radius 3 is 2.50 bits per heavy atom. The van der Waals surface area contributed by atoms with Crippen molar-refractivity contribution in [1.82, 2.24) is 15.2 Å². The lowest BCUT2D eigenvalue weighted by atomic mass is 10.3. The first-order valence-corrected chi connectivity index (χ1v) is 6.70. The van der Waals surface area contributed by atoms with Gasteiger partial charge in [-0.1, -0.05) is 13.8 Å². The number of nitrogens with one attached hydrogen (secondary N) is 2. The van der Waals surface area contributed by atoms with Crippen molar-refractivity contribution in [2.45, 2.75) is 39.8 Å². The van der Waals surface area contributed by atoms with E-state index in [1.165, 1.54) is 12.3 Å². The number of nitro groups is 1. The van der Waals surface area contributed by atoms with Crippen LogP contribution in [0.5, 0.6) is 0 Å². The van der Waals surface area contributed by atoms with Crippen LogP contribution in [0.3, 0.4) is 0 Å². The highest BCUT2D eigenvalue weighted by atomic mass is 16.6. The molecule has 2 N–H and O–H groups in total. The lowest BCUT2D eigenvalue weighted by molar-refractivity contribution is -0.384. The smallest absolute Gasteiger partial charge is 0.287 e. The highest BCUT2D eigenvalue weighted by molar-refractivity contribution is 5.93. The number of hydrogen-bond donors (Lipinski definition) is 2. The molecule has 0 radical (unpaired) electrons. The monoisotopic (exact) mass is 282 g/mol. The Kier molecular flexibility index (Phi) is 5.69. The average Bonchev–Trinajstić information content (AvgIpc) is 2.79. The highest BCUT2D eigenvalue weighted by Gasteiger charge is 2.20. The van der Waals surface area contributed by atoms with Crippen LogP contribution in [0.2, 0.25) is 0 Å². The highest BCUT2D eigenvalue weighted by Crippen LogP contribution is 2.20.